The standard InChI is InChI=1S/C80H156O17P2/c1-8-10-11-12-13-14-15-16-17-18-22-27-32-40-47-54-61-77(82)90-67-75(96-79(84)63-56-49-42-33-28-23-20-19-21-25-30-37-44-51-58-71(3)4)69-94-98(86,87)92-65-74(81)66-93-99(88,89)95-70-76(68-91-78(83)62-55-48-41-36-35-39-46-53-60-73(7)9-2)97-80(85)64-57-50-43-34-29-24-26-31-38-45-52-59-72(5)6/h71-76,81H,8-70H2,1-7H3,(H,86,87)(H,88,89)/t73?,74-,75-,76-/m1/s1. The van der Waals surface area contributed by atoms with Gasteiger partial charge in [0.1, 0.15) is 19.3 Å². The number of ether oxygens (including phenoxy) is 4. The van der Waals surface area contributed by atoms with Crippen LogP contribution >= 0.6 is 15.6 Å². The van der Waals surface area contributed by atoms with Gasteiger partial charge in [0.15, 0.2) is 12.2 Å². The minimum atomic E-state index is -4.96. The van der Waals surface area contributed by atoms with Crippen LogP contribution in [0.2, 0.25) is 0 Å². The highest BCUT2D eigenvalue weighted by molar-refractivity contribution is 7.47. The molecule has 3 N–H and O–H groups in total. The number of rotatable bonds is 78. The molecule has 0 spiro atoms. The second kappa shape index (κ2) is 70.4. The van der Waals surface area contributed by atoms with Crippen molar-refractivity contribution in [2.75, 3.05) is 39.6 Å². The lowest BCUT2D eigenvalue weighted by molar-refractivity contribution is -0.161. The summed E-state index contributed by atoms with van der Waals surface area (Å²) in [4.78, 5) is 73.0. The third-order valence-corrected chi connectivity index (χ3v) is 20.9. The van der Waals surface area contributed by atoms with Crippen LogP contribution in [0.15, 0.2) is 0 Å². The normalized spacial score (nSPS) is 14.3. The van der Waals surface area contributed by atoms with Gasteiger partial charge in [0.05, 0.1) is 26.4 Å². The Morgan fingerprint density at radius 1 is 0.293 bits per heavy atom. The molecule has 0 aliphatic carbocycles. The number of carbonyl (C=O) groups excluding carboxylic acids is 4. The van der Waals surface area contributed by atoms with Crippen LogP contribution in [0.4, 0.5) is 0 Å². The number of carbonyl (C=O) groups is 4. The Kier molecular flexibility index (Phi) is 69.0. The van der Waals surface area contributed by atoms with Crippen molar-refractivity contribution >= 4 is 39.5 Å². The first-order valence-corrected chi connectivity index (χ1v) is 44.4. The van der Waals surface area contributed by atoms with Gasteiger partial charge in [-0.3, -0.25) is 37.3 Å². The lowest BCUT2D eigenvalue weighted by Crippen LogP contribution is -2.30. The summed E-state index contributed by atoms with van der Waals surface area (Å²) in [5.74, 6) is 0.227. The minimum Gasteiger partial charge on any atom is -0.462 e. The average Bonchev–Trinajstić information content (AvgIpc) is 1.12. The first kappa shape index (κ1) is 97.1. The van der Waals surface area contributed by atoms with Crippen molar-refractivity contribution < 1.29 is 80.2 Å². The van der Waals surface area contributed by atoms with Crippen molar-refractivity contribution in [2.24, 2.45) is 17.8 Å². The van der Waals surface area contributed by atoms with Crippen LogP contribution in [0.3, 0.4) is 0 Å². The predicted molar refractivity (Wildman–Crippen MR) is 405 cm³/mol. The van der Waals surface area contributed by atoms with Crippen LogP contribution in [0, 0.1) is 17.8 Å². The van der Waals surface area contributed by atoms with Crippen LogP contribution in [-0.4, -0.2) is 96.7 Å². The summed E-state index contributed by atoms with van der Waals surface area (Å²) in [6.07, 6.45) is 58.1. The maximum Gasteiger partial charge on any atom is 0.472 e. The number of hydrogen-bond acceptors (Lipinski definition) is 15. The van der Waals surface area contributed by atoms with E-state index in [2.05, 4.69) is 48.5 Å². The fourth-order valence-electron chi connectivity index (χ4n) is 12.3. The topological polar surface area (TPSA) is 237 Å². The molecule has 588 valence electrons. The van der Waals surface area contributed by atoms with E-state index in [0.717, 1.165) is 108 Å². The highest BCUT2D eigenvalue weighted by Gasteiger charge is 2.30. The summed E-state index contributed by atoms with van der Waals surface area (Å²) in [7, 11) is -9.92. The van der Waals surface area contributed by atoms with Gasteiger partial charge in [-0.1, -0.05) is 363 Å². The van der Waals surface area contributed by atoms with E-state index in [1.165, 1.54) is 225 Å². The molecule has 0 aliphatic heterocycles. The van der Waals surface area contributed by atoms with Gasteiger partial charge >= 0.3 is 39.5 Å². The van der Waals surface area contributed by atoms with Crippen molar-refractivity contribution in [3.8, 4) is 0 Å². The van der Waals surface area contributed by atoms with E-state index in [-0.39, 0.29) is 25.7 Å². The van der Waals surface area contributed by atoms with Gasteiger partial charge < -0.3 is 33.8 Å². The molecular formula is C80H156O17P2. The maximum atomic E-state index is 13.1. The minimum absolute atomic E-state index is 0.106. The van der Waals surface area contributed by atoms with Crippen molar-refractivity contribution in [3.63, 3.8) is 0 Å². The van der Waals surface area contributed by atoms with E-state index < -0.39 is 97.5 Å². The molecule has 0 rings (SSSR count). The molecule has 0 radical (unpaired) electrons. The summed E-state index contributed by atoms with van der Waals surface area (Å²) >= 11 is 0. The largest absolute Gasteiger partial charge is 0.472 e. The number of aliphatic hydroxyl groups is 1. The van der Waals surface area contributed by atoms with Crippen molar-refractivity contribution in [1.82, 2.24) is 0 Å². The molecular weight excluding hydrogens is 1290 g/mol. The zero-order valence-electron chi connectivity index (χ0n) is 65.0. The number of phosphoric ester groups is 2. The second-order valence-corrected chi connectivity index (χ2v) is 32.9. The molecule has 0 saturated carbocycles. The Morgan fingerprint density at radius 2 is 0.515 bits per heavy atom. The lowest BCUT2D eigenvalue weighted by Gasteiger charge is -2.21. The molecule has 0 aromatic heterocycles. The lowest BCUT2D eigenvalue weighted by atomic mass is 9.99. The third-order valence-electron chi connectivity index (χ3n) is 19.0. The SMILES string of the molecule is CCCCCCCCCCCCCCCCCCC(=O)OC[C@H](COP(=O)(O)OC[C@@H](O)COP(=O)(O)OC[C@@H](COC(=O)CCCCCCCCCCC(C)CC)OC(=O)CCCCCCCCCCCCCC(C)C)OC(=O)CCCCCCCCCCCCCCCCC(C)C. The molecule has 19 heteroatoms. The van der Waals surface area contributed by atoms with Gasteiger partial charge in [0, 0.05) is 25.7 Å². The van der Waals surface area contributed by atoms with Crippen LogP contribution in [-0.2, 0) is 65.4 Å². The summed E-state index contributed by atoms with van der Waals surface area (Å²) in [6, 6.07) is 0. The number of esters is 4. The van der Waals surface area contributed by atoms with Crippen LogP contribution < -0.4 is 0 Å². The third kappa shape index (κ3) is 72.8. The van der Waals surface area contributed by atoms with Crippen molar-refractivity contribution in [2.45, 2.75) is 433 Å². The Hall–Kier alpha value is -1.94. The molecule has 0 aliphatic rings. The van der Waals surface area contributed by atoms with Crippen LogP contribution in [0.1, 0.15) is 414 Å². The summed E-state index contributed by atoms with van der Waals surface area (Å²) in [6.45, 7) is 12.0. The summed E-state index contributed by atoms with van der Waals surface area (Å²) < 4.78 is 68.7. The van der Waals surface area contributed by atoms with E-state index in [1.54, 1.807) is 0 Å². The zero-order chi connectivity index (χ0) is 73.0. The molecule has 0 aromatic rings. The second-order valence-electron chi connectivity index (χ2n) is 30.0. The number of hydrogen-bond donors (Lipinski definition) is 3. The van der Waals surface area contributed by atoms with E-state index in [4.69, 9.17) is 37.0 Å². The van der Waals surface area contributed by atoms with E-state index in [9.17, 15) is 43.2 Å². The van der Waals surface area contributed by atoms with Crippen LogP contribution in [0.25, 0.3) is 0 Å². The molecule has 3 unspecified atom stereocenters. The summed E-state index contributed by atoms with van der Waals surface area (Å²) in [5, 5.41) is 10.6. The Balaban J connectivity index is 5.27. The number of phosphoric acid groups is 2. The maximum absolute atomic E-state index is 13.1. The smallest absolute Gasteiger partial charge is 0.462 e. The Labute approximate surface area is 607 Å². The van der Waals surface area contributed by atoms with Gasteiger partial charge in [-0.2, -0.15) is 0 Å². The van der Waals surface area contributed by atoms with E-state index >= 15 is 0 Å². The van der Waals surface area contributed by atoms with Crippen molar-refractivity contribution in [1.29, 1.82) is 0 Å². The molecule has 17 nitrogen and oxygen atoms in total. The highest BCUT2D eigenvalue weighted by atomic mass is 31.2. The van der Waals surface area contributed by atoms with Gasteiger partial charge in [-0.25, -0.2) is 9.13 Å². The van der Waals surface area contributed by atoms with Gasteiger partial charge in [-0.15, -0.1) is 0 Å². The predicted octanol–water partition coefficient (Wildman–Crippen LogP) is 23.7. The highest BCUT2D eigenvalue weighted by Crippen LogP contribution is 2.45. The Bertz CT molecular complexity index is 1920. The molecule has 6 atom stereocenters. The fraction of sp³-hybridized carbons (Fsp3) is 0.950. The van der Waals surface area contributed by atoms with Crippen molar-refractivity contribution in [3.05, 3.63) is 0 Å². The molecule has 99 heavy (non-hydrogen) atoms. The molecule has 0 aromatic carbocycles. The average molecular weight is 1450 g/mol. The summed E-state index contributed by atoms with van der Waals surface area (Å²) in [5.41, 5.74) is 0. The first-order chi connectivity index (χ1) is 47.8. The van der Waals surface area contributed by atoms with E-state index in [1.807, 2.05) is 0 Å². The molecule has 0 amide bonds. The molecule has 0 fully saturated rings. The number of unbranched alkanes of at least 4 members (excludes halogenated alkanes) is 45. The number of aliphatic hydroxyl groups excluding tert-OH is 1. The van der Waals surface area contributed by atoms with Gasteiger partial charge in [0.2, 0.25) is 0 Å². The molecule has 0 heterocycles. The van der Waals surface area contributed by atoms with Crippen LogP contribution in [0.5, 0.6) is 0 Å². The van der Waals surface area contributed by atoms with E-state index in [0.29, 0.717) is 25.7 Å². The zero-order valence-corrected chi connectivity index (χ0v) is 66.8. The van der Waals surface area contributed by atoms with Gasteiger partial charge in [0.25, 0.3) is 0 Å². The quantitative estimate of drug-likeness (QED) is 0.0222. The monoisotopic (exact) mass is 1450 g/mol. The molecule has 0 saturated heterocycles. The molecule has 0 bridgehead atoms. The van der Waals surface area contributed by atoms with Gasteiger partial charge in [-0.05, 0) is 43.4 Å². The fourth-order valence-corrected chi connectivity index (χ4v) is 13.9. The Morgan fingerprint density at radius 3 is 0.768 bits per heavy atom. The first-order valence-electron chi connectivity index (χ1n) is 41.4.